The molecule has 3 rings (SSSR count). The zero-order valence-corrected chi connectivity index (χ0v) is 15.1. The molecule has 0 spiro atoms. The molecule has 0 bridgehead atoms. The maximum atomic E-state index is 13.2. The number of allylic oxidation sites excluding steroid dienone is 1. The molecule has 0 radical (unpaired) electrons. The lowest BCUT2D eigenvalue weighted by Gasteiger charge is -2.18. The minimum absolute atomic E-state index is 0.225. The molecule has 1 aromatic carbocycles. The number of halogens is 1. The normalized spacial score (nSPS) is 16.5. The third-order valence-electron chi connectivity index (χ3n) is 3.72. The first-order chi connectivity index (χ1) is 11.9. The Hall–Kier alpha value is -2.09. The van der Waals surface area contributed by atoms with Crippen LogP contribution in [0.1, 0.15) is 22.4 Å². The maximum Gasteiger partial charge on any atom is 0.219 e. The molecule has 1 aliphatic rings. The predicted octanol–water partition coefficient (Wildman–Crippen LogP) is 3.43. The molecule has 7 heteroatoms. The molecular formula is C18H19FN2O3S. The zero-order chi connectivity index (χ0) is 18.0. The fourth-order valence-corrected chi connectivity index (χ4v) is 3.54. The lowest BCUT2D eigenvalue weighted by Crippen LogP contribution is -2.22. The second kappa shape index (κ2) is 7.03. The molecule has 2 aromatic rings. The van der Waals surface area contributed by atoms with Gasteiger partial charge in [0.2, 0.25) is 11.6 Å². The first kappa shape index (κ1) is 17.7. The van der Waals surface area contributed by atoms with Gasteiger partial charge in [0.1, 0.15) is 11.5 Å². The molecule has 0 amide bonds. The molecule has 1 aromatic heterocycles. The van der Waals surface area contributed by atoms with Gasteiger partial charge in [-0.05, 0) is 24.6 Å². The van der Waals surface area contributed by atoms with E-state index in [2.05, 4.69) is 4.98 Å². The highest BCUT2D eigenvalue weighted by atomic mass is 32.1. The Morgan fingerprint density at radius 2 is 1.92 bits per heavy atom. The molecule has 0 N–H and O–H groups in total. The number of nitrogens with zero attached hydrogens (tertiary/aromatic N) is 2. The van der Waals surface area contributed by atoms with E-state index in [1.807, 2.05) is 14.1 Å². The van der Waals surface area contributed by atoms with E-state index in [9.17, 15) is 9.18 Å². The average Bonchev–Trinajstić information content (AvgIpc) is 3.21. The second-order valence-electron chi connectivity index (χ2n) is 5.99. The summed E-state index contributed by atoms with van der Waals surface area (Å²) in [5.41, 5.74) is 1.04. The van der Waals surface area contributed by atoms with Crippen LogP contribution in [0.25, 0.3) is 10.4 Å². The third-order valence-corrected chi connectivity index (χ3v) is 5.01. The van der Waals surface area contributed by atoms with E-state index in [4.69, 9.17) is 9.47 Å². The van der Waals surface area contributed by atoms with Gasteiger partial charge in [-0.3, -0.25) is 4.79 Å². The van der Waals surface area contributed by atoms with Crippen molar-refractivity contribution in [1.29, 1.82) is 0 Å². The molecule has 132 valence electrons. The summed E-state index contributed by atoms with van der Waals surface area (Å²) in [5, 5.41) is 0.575. The Labute approximate surface area is 149 Å². The van der Waals surface area contributed by atoms with Crippen molar-refractivity contribution in [3.8, 4) is 10.4 Å². The Bertz CT molecular complexity index is 793. The highest BCUT2D eigenvalue weighted by molar-refractivity contribution is 7.15. The van der Waals surface area contributed by atoms with Crippen LogP contribution < -0.4 is 0 Å². The molecule has 2 heterocycles. The highest BCUT2D eigenvalue weighted by Crippen LogP contribution is 2.39. The summed E-state index contributed by atoms with van der Waals surface area (Å²) in [6.07, 6.45) is 3.13. The number of hydrogen-bond donors (Lipinski definition) is 0. The molecule has 0 aliphatic carbocycles. The van der Waals surface area contributed by atoms with Gasteiger partial charge >= 0.3 is 0 Å². The van der Waals surface area contributed by atoms with E-state index in [1.165, 1.54) is 29.5 Å². The number of hydrogen-bond acceptors (Lipinski definition) is 6. The summed E-state index contributed by atoms with van der Waals surface area (Å²) in [4.78, 5) is 19.6. The van der Waals surface area contributed by atoms with Crippen molar-refractivity contribution in [1.82, 2.24) is 9.88 Å². The largest absolute Gasteiger partial charge is 0.383 e. The van der Waals surface area contributed by atoms with Crippen molar-refractivity contribution < 1.29 is 18.7 Å². The molecule has 1 saturated heterocycles. The summed E-state index contributed by atoms with van der Waals surface area (Å²) >= 11 is 1.33. The van der Waals surface area contributed by atoms with Gasteiger partial charge < -0.3 is 14.4 Å². The van der Waals surface area contributed by atoms with E-state index in [-0.39, 0.29) is 11.6 Å². The smallest absolute Gasteiger partial charge is 0.219 e. The fourth-order valence-electron chi connectivity index (χ4n) is 2.41. The average molecular weight is 362 g/mol. The quantitative estimate of drug-likeness (QED) is 0.603. The van der Waals surface area contributed by atoms with Crippen molar-refractivity contribution >= 4 is 17.1 Å². The SMILES string of the molecule is CN(C)/C=C/C(=O)c1nc(C2(C)OCCO2)sc1-c1ccc(F)cc1. The van der Waals surface area contributed by atoms with Crippen molar-refractivity contribution in [2.24, 2.45) is 0 Å². The number of ether oxygens (including phenoxy) is 2. The van der Waals surface area contributed by atoms with E-state index in [0.717, 1.165) is 5.56 Å². The minimum atomic E-state index is -0.955. The van der Waals surface area contributed by atoms with Crippen LogP contribution in [0.4, 0.5) is 4.39 Å². The zero-order valence-electron chi connectivity index (χ0n) is 14.3. The maximum absolute atomic E-state index is 13.2. The van der Waals surface area contributed by atoms with Crippen LogP contribution in [0.5, 0.6) is 0 Å². The lowest BCUT2D eigenvalue weighted by atomic mass is 10.1. The van der Waals surface area contributed by atoms with Gasteiger partial charge in [0.05, 0.1) is 18.1 Å². The van der Waals surface area contributed by atoms with Crippen LogP contribution in [0, 0.1) is 5.82 Å². The third kappa shape index (κ3) is 3.78. The Morgan fingerprint density at radius 1 is 1.28 bits per heavy atom. The number of thiazole rings is 1. The standard InChI is InChI=1S/C18H19FN2O3S/c1-18(23-10-11-24-18)17-20-15(14(22)8-9-21(2)3)16(25-17)12-4-6-13(19)7-5-12/h4-9H,10-11H2,1-3H3/b9-8+. The summed E-state index contributed by atoms with van der Waals surface area (Å²) in [5.74, 6) is -1.51. The molecule has 5 nitrogen and oxygen atoms in total. The van der Waals surface area contributed by atoms with E-state index in [1.54, 1.807) is 30.2 Å². The van der Waals surface area contributed by atoms with Crippen LogP contribution in [0.2, 0.25) is 0 Å². The summed E-state index contributed by atoms with van der Waals surface area (Å²) < 4.78 is 24.6. The Kier molecular flexibility index (Phi) is 4.99. The first-order valence-electron chi connectivity index (χ1n) is 7.83. The number of rotatable bonds is 5. The van der Waals surface area contributed by atoms with Crippen molar-refractivity contribution in [3.05, 3.63) is 53.1 Å². The summed E-state index contributed by atoms with van der Waals surface area (Å²) in [7, 11) is 3.66. The number of benzene rings is 1. The van der Waals surface area contributed by atoms with Gasteiger partial charge in [-0.15, -0.1) is 11.3 Å². The van der Waals surface area contributed by atoms with Gasteiger partial charge in [0, 0.05) is 26.4 Å². The molecule has 0 saturated carbocycles. The van der Waals surface area contributed by atoms with Gasteiger partial charge in [-0.25, -0.2) is 9.37 Å². The molecule has 25 heavy (non-hydrogen) atoms. The van der Waals surface area contributed by atoms with E-state index < -0.39 is 5.79 Å². The fraction of sp³-hybridized carbons (Fsp3) is 0.333. The number of carbonyl (C=O) groups is 1. The Balaban J connectivity index is 2.06. The topological polar surface area (TPSA) is 51.7 Å². The number of ketones is 1. The summed E-state index contributed by atoms with van der Waals surface area (Å²) in [6, 6.07) is 6.00. The van der Waals surface area contributed by atoms with Gasteiger partial charge in [-0.2, -0.15) is 0 Å². The molecular weight excluding hydrogens is 343 g/mol. The lowest BCUT2D eigenvalue weighted by molar-refractivity contribution is -0.149. The van der Waals surface area contributed by atoms with E-state index in [0.29, 0.717) is 28.8 Å². The molecule has 1 aliphatic heterocycles. The first-order valence-corrected chi connectivity index (χ1v) is 8.65. The number of aromatic nitrogens is 1. The van der Waals surface area contributed by atoms with Crippen LogP contribution in [0.3, 0.4) is 0 Å². The Morgan fingerprint density at radius 3 is 2.52 bits per heavy atom. The van der Waals surface area contributed by atoms with Crippen molar-refractivity contribution in [3.63, 3.8) is 0 Å². The summed E-state index contributed by atoms with van der Waals surface area (Å²) in [6.45, 7) is 2.74. The monoisotopic (exact) mass is 362 g/mol. The molecule has 0 unspecified atom stereocenters. The molecule has 1 fully saturated rings. The minimum Gasteiger partial charge on any atom is -0.383 e. The van der Waals surface area contributed by atoms with Gasteiger partial charge in [0.15, 0.2) is 5.01 Å². The van der Waals surface area contributed by atoms with Crippen LogP contribution in [-0.2, 0) is 15.3 Å². The van der Waals surface area contributed by atoms with Crippen LogP contribution >= 0.6 is 11.3 Å². The van der Waals surface area contributed by atoms with Crippen LogP contribution in [-0.4, -0.2) is 43.0 Å². The van der Waals surface area contributed by atoms with Crippen LogP contribution in [0.15, 0.2) is 36.5 Å². The van der Waals surface area contributed by atoms with E-state index >= 15 is 0 Å². The van der Waals surface area contributed by atoms with Gasteiger partial charge in [-0.1, -0.05) is 12.1 Å². The van der Waals surface area contributed by atoms with Gasteiger partial charge in [0.25, 0.3) is 0 Å². The number of carbonyl (C=O) groups excluding carboxylic acids is 1. The van der Waals surface area contributed by atoms with Crippen molar-refractivity contribution in [2.75, 3.05) is 27.3 Å². The molecule has 0 atom stereocenters. The second-order valence-corrected chi connectivity index (χ2v) is 6.99. The predicted molar refractivity (Wildman–Crippen MR) is 93.9 cm³/mol. The highest BCUT2D eigenvalue weighted by Gasteiger charge is 2.38. The van der Waals surface area contributed by atoms with Crippen molar-refractivity contribution in [2.45, 2.75) is 12.7 Å².